The van der Waals surface area contributed by atoms with E-state index in [1.807, 2.05) is 24.3 Å². The molecule has 2 heterocycles. The van der Waals surface area contributed by atoms with Crippen LogP contribution in [0.15, 0.2) is 48.5 Å². The van der Waals surface area contributed by atoms with E-state index >= 15 is 0 Å². The SMILES string of the molecule is O=C(N[C@@H]1CCC[C@@H](C(=O)N2CC3CC2(C(=O)O)C3)C1)OCC1c2ccccc2-c2ccccc21. The average Bonchev–Trinajstić information content (AvgIpc) is 3.51. The predicted octanol–water partition coefficient (Wildman–Crippen LogP) is 4.16. The van der Waals surface area contributed by atoms with Crippen LogP contribution in [-0.4, -0.2) is 52.7 Å². The number of benzene rings is 2. The highest BCUT2D eigenvalue weighted by molar-refractivity contribution is 5.90. The topological polar surface area (TPSA) is 95.9 Å². The molecule has 2 aliphatic heterocycles. The van der Waals surface area contributed by atoms with E-state index < -0.39 is 17.6 Å². The average molecular weight is 475 g/mol. The molecule has 2 saturated carbocycles. The number of carbonyl (C=O) groups excluding carboxylic acids is 2. The molecule has 182 valence electrons. The second-order valence-electron chi connectivity index (χ2n) is 10.6. The minimum absolute atomic E-state index is 0.00249. The molecular formula is C28H30N2O5. The van der Waals surface area contributed by atoms with Crippen molar-refractivity contribution in [2.45, 2.75) is 56.0 Å². The fraction of sp³-hybridized carbons (Fsp3) is 0.464. The summed E-state index contributed by atoms with van der Waals surface area (Å²) in [5.74, 6) is -0.885. The van der Waals surface area contributed by atoms with Crippen LogP contribution < -0.4 is 5.32 Å². The molecule has 4 fully saturated rings. The predicted molar refractivity (Wildman–Crippen MR) is 129 cm³/mol. The van der Waals surface area contributed by atoms with Crippen LogP contribution in [0.2, 0.25) is 0 Å². The van der Waals surface area contributed by atoms with Gasteiger partial charge in [0, 0.05) is 24.4 Å². The van der Waals surface area contributed by atoms with Gasteiger partial charge in [-0.3, -0.25) is 4.79 Å². The highest BCUT2D eigenvalue weighted by atomic mass is 16.5. The number of rotatable bonds is 5. The minimum atomic E-state index is -0.991. The van der Waals surface area contributed by atoms with E-state index in [0.717, 1.165) is 19.3 Å². The van der Waals surface area contributed by atoms with E-state index in [1.54, 1.807) is 4.90 Å². The number of ether oxygens (including phenoxy) is 1. The Labute approximate surface area is 204 Å². The molecule has 2 atom stereocenters. The molecule has 0 radical (unpaired) electrons. The minimum Gasteiger partial charge on any atom is -0.479 e. The van der Waals surface area contributed by atoms with Crippen LogP contribution >= 0.6 is 0 Å². The summed E-state index contributed by atoms with van der Waals surface area (Å²) in [6, 6.07) is 16.3. The molecule has 35 heavy (non-hydrogen) atoms. The summed E-state index contributed by atoms with van der Waals surface area (Å²) in [5, 5.41) is 12.7. The largest absolute Gasteiger partial charge is 0.479 e. The second kappa shape index (κ2) is 8.40. The fourth-order valence-corrected chi connectivity index (χ4v) is 6.84. The van der Waals surface area contributed by atoms with Crippen LogP contribution in [0, 0.1) is 11.8 Å². The van der Waals surface area contributed by atoms with E-state index in [4.69, 9.17) is 4.74 Å². The molecule has 7 heteroatoms. The maximum absolute atomic E-state index is 13.2. The number of fused-ring (bicyclic) bond motifs is 4. The van der Waals surface area contributed by atoms with E-state index in [0.29, 0.717) is 31.7 Å². The number of aliphatic carboxylic acids is 1. The van der Waals surface area contributed by atoms with Gasteiger partial charge in [0.15, 0.2) is 0 Å². The number of nitrogens with zero attached hydrogens (tertiary/aromatic N) is 1. The van der Waals surface area contributed by atoms with Gasteiger partial charge in [0.1, 0.15) is 12.1 Å². The summed E-state index contributed by atoms with van der Waals surface area (Å²) >= 11 is 0. The molecule has 0 spiro atoms. The summed E-state index contributed by atoms with van der Waals surface area (Å²) < 4.78 is 5.69. The van der Waals surface area contributed by atoms with Crippen molar-refractivity contribution in [3.05, 3.63) is 59.7 Å². The van der Waals surface area contributed by atoms with Crippen molar-refractivity contribution >= 4 is 18.0 Å². The summed E-state index contributed by atoms with van der Waals surface area (Å²) in [6.45, 7) is 0.803. The Kier molecular flexibility index (Phi) is 5.31. The molecule has 7 rings (SSSR count). The van der Waals surface area contributed by atoms with Crippen molar-refractivity contribution in [2.24, 2.45) is 11.8 Å². The van der Waals surface area contributed by atoms with E-state index in [1.165, 1.54) is 22.3 Å². The summed E-state index contributed by atoms with van der Waals surface area (Å²) in [7, 11) is 0. The van der Waals surface area contributed by atoms with Crippen LogP contribution in [0.1, 0.15) is 55.6 Å². The smallest absolute Gasteiger partial charge is 0.407 e. The maximum Gasteiger partial charge on any atom is 0.407 e. The van der Waals surface area contributed by atoms with Crippen LogP contribution in [-0.2, 0) is 14.3 Å². The first-order valence-corrected chi connectivity index (χ1v) is 12.6. The van der Waals surface area contributed by atoms with Crippen LogP contribution in [0.25, 0.3) is 11.1 Å². The molecule has 0 unspecified atom stereocenters. The van der Waals surface area contributed by atoms with Crippen LogP contribution in [0.4, 0.5) is 4.79 Å². The molecule has 2 amide bonds. The fourth-order valence-electron chi connectivity index (χ4n) is 6.84. The summed E-state index contributed by atoms with van der Waals surface area (Å²) in [4.78, 5) is 39.4. The number of carboxylic acid groups (broad SMARTS) is 1. The van der Waals surface area contributed by atoms with E-state index in [2.05, 4.69) is 29.6 Å². The van der Waals surface area contributed by atoms with Crippen molar-refractivity contribution in [3.8, 4) is 11.1 Å². The van der Waals surface area contributed by atoms with Crippen LogP contribution in [0.5, 0.6) is 0 Å². The zero-order chi connectivity index (χ0) is 24.2. The number of carboxylic acids is 1. The maximum atomic E-state index is 13.2. The molecule has 2 aromatic rings. The Morgan fingerprint density at radius 1 is 1.00 bits per heavy atom. The molecule has 2 saturated heterocycles. The third kappa shape index (κ3) is 3.60. The van der Waals surface area contributed by atoms with Crippen molar-refractivity contribution in [1.29, 1.82) is 0 Å². The summed E-state index contributed by atoms with van der Waals surface area (Å²) in [6.07, 6.45) is 3.56. The van der Waals surface area contributed by atoms with Gasteiger partial charge in [-0.15, -0.1) is 0 Å². The van der Waals surface area contributed by atoms with E-state index in [9.17, 15) is 19.5 Å². The van der Waals surface area contributed by atoms with Gasteiger partial charge < -0.3 is 20.1 Å². The second-order valence-corrected chi connectivity index (χ2v) is 10.6. The van der Waals surface area contributed by atoms with E-state index in [-0.39, 0.29) is 30.4 Å². The third-order valence-electron chi connectivity index (χ3n) is 8.56. The van der Waals surface area contributed by atoms with Crippen molar-refractivity contribution < 1.29 is 24.2 Å². The van der Waals surface area contributed by atoms with Crippen molar-refractivity contribution in [3.63, 3.8) is 0 Å². The Balaban J connectivity index is 1.07. The number of hydrogen-bond donors (Lipinski definition) is 2. The first-order valence-electron chi connectivity index (χ1n) is 12.6. The monoisotopic (exact) mass is 474 g/mol. The van der Waals surface area contributed by atoms with Gasteiger partial charge in [0.25, 0.3) is 0 Å². The lowest BCUT2D eigenvalue weighted by Gasteiger charge is -2.40. The van der Waals surface area contributed by atoms with Crippen LogP contribution in [0.3, 0.4) is 0 Å². The molecule has 3 aliphatic carbocycles. The Morgan fingerprint density at radius 3 is 2.31 bits per heavy atom. The molecule has 7 nitrogen and oxygen atoms in total. The summed E-state index contributed by atoms with van der Waals surface area (Å²) in [5.41, 5.74) is 3.71. The lowest BCUT2D eigenvalue weighted by molar-refractivity contribution is -0.160. The number of hydrogen-bond acceptors (Lipinski definition) is 4. The quantitative estimate of drug-likeness (QED) is 0.679. The highest BCUT2D eigenvalue weighted by Gasteiger charge is 2.63. The Morgan fingerprint density at radius 2 is 1.66 bits per heavy atom. The van der Waals surface area contributed by atoms with Gasteiger partial charge in [-0.25, -0.2) is 9.59 Å². The zero-order valence-electron chi connectivity index (χ0n) is 19.6. The van der Waals surface area contributed by atoms with Gasteiger partial charge in [-0.2, -0.15) is 0 Å². The van der Waals surface area contributed by atoms with Crippen molar-refractivity contribution in [2.75, 3.05) is 13.2 Å². The standard InChI is InChI=1S/C28H30N2O5/c31-25(30-15-17-13-28(30,14-17)26(32)33)18-6-5-7-19(12-18)29-27(34)35-16-24-22-10-3-1-8-20(22)21-9-2-4-11-23(21)24/h1-4,8-11,17-19,24H,5-7,12-16H2,(H,29,34)(H,32,33)/t17?,18-,19-,28?/m1/s1. The van der Waals surface area contributed by atoms with Gasteiger partial charge >= 0.3 is 12.1 Å². The van der Waals surface area contributed by atoms with Gasteiger partial charge in [0.2, 0.25) is 5.91 Å². The number of alkyl carbamates (subject to hydrolysis) is 1. The third-order valence-corrected chi connectivity index (χ3v) is 8.56. The molecule has 2 aromatic carbocycles. The normalized spacial score (nSPS) is 28.6. The molecule has 2 N–H and O–H groups in total. The molecular weight excluding hydrogens is 444 g/mol. The lowest BCUT2D eigenvalue weighted by atomic mass is 9.73. The molecule has 0 aromatic heterocycles. The van der Waals surface area contributed by atoms with Gasteiger partial charge in [0.05, 0.1) is 0 Å². The Bertz CT molecular complexity index is 1140. The van der Waals surface area contributed by atoms with Gasteiger partial charge in [-0.05, 0) is 60.3 Å². The number of amides is 2. The zero-order valence-corrected chi connectivity index (χ0v) is 19.6. The first kappa shape index (κ1) is 22.1. The molecule has 2 bridgehead atoms. The first-order chi connectivity index (χ1) is 17.0. The van der Waals surface area contributed by atoms with Crippen molar-refractivity contribution in [1.82, 2.24) is 10.2 Å². The highest BCUT2D eigenvalue weighted by Crippen LogP contribution is 2.51. The number of nitrogens with one attached hydrogen (secondary N) is 1. The molecule has 5 aliphatic rings. The number of carbonyl (C=O) groups is 3. The van der Waals surface area contributed by atoms with Gasteiger partial charge in [-0.1, -0.05) is 55.0 Å². The Hall–Kier alpha value is -3.35. The lowest BCUT2D eigenvalue weighted by Crippen LogP contribution is -2.56.